The molecular formula is C7H7FO2. The van der Waals surface area contributed by atoms with Crippen molar-refractivity contribution in [1.29, 1.82) is 0 Å². The van der Waals surface area contributed by atoms with Gasteiger partial charge in [-0.15, -0.1) is 0 Å². The highest BCUT2D eigenvalue weighted by Gasteiger charge is 2.00. The second-order valence-electron chi connectivity index (χ2n) is 2.05. The lowest BCUT2D eigenvalue weighted by molar-refractivity contribution is -0.00899. The predicted octanol–water partition coefficient (Wildman–Crippen LogP) is 1.96. The van der Waals surface area contributed by atoms with Crippen LogP contribution in [0.25, 0.3) is 0 Å². The van der Waals surface area contributed by atoms with Gasteiger partial charge < -0.3 is 5.11 Å². The SMILES string of the molecule is Cc1ccc(O)c(OF)c1. The number of aromatic hydroxyl groups is 1. The molecule has 0 aliphatic carbocycles. The molecular weight excluding hydrogens is 135 g/mol. The van der Waals surface area contributed by atoms with Crippen LogP contribution in [0, 0.1) is 6.92 Å². The Morgan fingerprint density at radius 1 is 1.50 bits per heavy atom. The fraction of sp³-hybridized carbons (Fsp3) is 0.143. The Kier molecular flexibility index (Phi) is 1.76. The second kappa shape index (κ2) is 2.56. The third-order valence-electron chi connectivity index (χ3n) is 1.20. The van der Waals surface area contributed by atoms with Gasteiger partial charge in [0.2, 0.25) is 5.75 Å². The molecule has 1 N–H and O–H groups in total. The summed E-state index contributed by atoms with van der Waals surface area (Å²) in [6.45, 7) is 1.78. The molecule has 0 aliphatic heterocycles. The molecule has 1 aromatic rings. The molecule has 0 saturated carbocycles. The Balaban J connectivity index is 3.09. The number of aryl methyl sites for hydroxylation is 1. The van der Waals surface area contributed by atoms with Crippen molar-refractivity contribution in [3.8, 4) is 11.5 Å². The first-order valence-corrected chi connectivity index (χ1v) is 2.82. The molecule has 0 spiro atoms. The van der Waals surface area contributed by atoms with Gasteiger partial charge in [-0.3, -0.25) is 4.94 Å². The van der Waals surface area contributed by atoms with Crippen molar-refractivity contribution in [2.24, 2.45) is 0 Å². The summed E-state index contributed by atoms with van der Waals surface area (Å²) in [6.07, 6.45) is 0. The molecule has 0 atom stereocenters. The van der Waals surface area contributed by atoms with Gasteiger partial charge in [-0.2, -0.15) is 0 Å². The summed E-state index contributed by atoms with van der Waals surface area (Å²) in [7, 11) is 0. The summed E-state index contributed by atoms with van der Waals surface area (Å²) in [5.74, 6) is -0.326. The summed E-state index contributed by atoms with van der Waals surface area (Å²) in [4.78, 5) is 3.38. The molecule has 1 aromatic carbocycles. The molecule has 0 aromatic heterocycles. The van der Waals surface area contributed by atoms with Crippen LogP contribution >= 0.6 is 0 Å². The fourth-order valence-electron chi connectivity index (χ4n) is 0.683. The monoisotopic (exact) mass is 142 g/mol. The number of hydrogen-bond donors (Lipinski definition) is 1. The smallest absolute Gasteiger partial charge is 0.213 e. The normalized spacial score (nSPS) is 9.40. The first-order valence-electron chi connectivity index (χ1n) is 2.82. The van der Waals surface area contributed by atoms with E-state index in [9.17, 15) is 4.53 Å². The standard InChI is InChI=1S/C7H7FO2/c1-5-2-3-6(9)7(4-5)10-8/h2-4,9H,1H3. The van der Waals surface area contributed by atoms with Crippen molar-refractivity contribution in [3.05, 3.63) is 23.8 Å². The zero-order valence-corrected chi connectivity index (χ0v) is 5.47. The maximum atomic E-state index is 11.5. The fourth-order valence-corrected chi connectivity index (χ4v) is 0.683. The molecule has 0 radical (unpaired) electrons. The molecule has 10 heavy (non-hydrogen) atoms. The first kappa shape index (κ1) is 6.86. The highest BCUT2D eigenvalue weighted by atomic mass is 19.3. The van der Waals surface area contributed by atoms with Crippen LogP contribution in [0.2, 0.25) is 0 Å². The highest BCUT2D eigenvalue weighted by molar-refractivity contribution is 5.40. The first-order chi connectivity index (χ1) is 4.74. The lowest BCUT2D eigenvalue weighted by Crippen LogP contribution is -1.78. The largest absolute Gasteiger partial charge is 0.504 e. The molecule has 0 amide bonds. The Morgan fingerprint density at radius 2 is 2.20 bits per heavy atom. The molecule has 54 valence electrons. The summed E-state index contributed by atoms with van der Waals surface area (Å²) < 4.78 is 11.5. The van der Waals surface area contributed by atoms with Crippen molar-refractivity contribution >= 4 is 0 Å². The van der Waals surface area contributed by atoms with E-state index in [2.05, 4.69) is 4.94 Å². The minimum Gasteiger partial charge on any atom is -0.504 e. The van der Waals surface area contributed by atoms with Crippen molar-refractivity contribution < 1.29 is 14.6 Å². The maximum Gasteiger partial charge on any atom is 0.213 e. The van der Waals surface area contributed by atoms with Crippen molar-refractivity contribution in [2.45, 2.75) is 6.92 Å². The Labute approximate surface area is 57.8 Å². The van der Waals surface area contributed by atoms with E-state index in [1.807, 2.05) is 0 Å². The van der Waals surface area contributed by atoms with Gasteiger partial charge in [0.15, 0.2) is 5.75 Å². The van der Waals surface area contributed by atoms with Crippen LogP contribution in [-0.4, -0.2) is 5.11 Å². The van der Waals surface area contributed by atoms with Crippen LogP contribution in [0.1, 0.15) is 5.56 Å². The molecule has 0 saturated heterocycles. The van der Waals surface area contributed by atoms with Gasteiger partial charge in [0.05, 0.1) is 0 Å². The molecule has 1 rings (SSSR count). The zero-order valence-electron chi connectivity index (χ0n) is 5.47. The maximum absolute atomic E-state index is 11.5. The van der Waals surface area contributed by atoms with E-state index in [0.29, 0.717) is 0 Å². The van der Waals surface area contributed by atoms with Gasteiger partial charge in [-0.1, -0.05) is 6.07 Å². The summed E-state index contributed by atoms with van der Waals surface area (Å²) >= 11 is 0. The number of rotatable bonds is 1. The van der Waals surface area contributed by atoms with Gasteiger partial charge in [0, 0.05) is 4.53 Å². The van der Waals surface area contributed by atoms with Gasteiger partial charge in [0.25, 0.3) is 0 Å². The van der Waals surface area contributed by atoms with Gasteiger partial charge >= 0.3 is 0 Å². The summed E-state index contributed by atoms with van der Waals surface area (Å²) in [6, 6.07) is 4.46. The van der Waals surface area contributed by atoms with Crippen LogP contribution in [0.5, 0.6) is 11.5 Å². The minimum absolute atomic E-state index is 0.139. The molecule has 2 nitrogen and oxygen atoms in total. The van der Waals surface area contributed by atoms with Crippen molar-refractivity contribution in [2.75, 3.05) is 0 Å². The topological polar surface area (TPSA) is 29.5 Å². The Hall–Kier alpha value is -1.25. The van der Waals surface area contributed by atoms with E-state index < -0.39 is 0 Å². The van der Waals surface area contributed by atoms with E-state index in [-0.39, 0.29) is 11.5 Å². The Morgan fingerprint density at radius 3 is 2.70 bits per heavy atom. The molecule has 0 fully saturated rings. The zero-order chi connectivity index (χ0) is 7.56. The second-order valence-corrected chi connectivity index (χ2v) is 2.05. The quantitative estimate of drug-likeness (QED) is 0.649. The summed E-state index contributed by atoms with van der Waals surface area (Å²) in [5.41, 5.74) is 0.838. The summed E-state index contributed by atoms with van der Waals surface area (Å²) in [5, 5.41) is 8.87. The van der Waals surface area contributed by atoms with Gasteiger partial charge in [0.1, 0.15) is 0 Å². The third kappa shape index (κ3) is 1.18. The molecule has 0 heterocycles. The number of phenolic OH excluding ortho intramolecular Hbond substituents is 1. The number of halogens is 1. The van der Waals surface area contributed by atoms with Gasteiger partial charge in [-0.25, -0.2) is 0 Å². The number of benzene rings is 1. The van der Waals surface area contributed by atoms with Gasteiger partial charge in [-0.05, 0) is 24.6 Å². The molecule has 0 bridgehead atoms. The van der Waals surface area contributed by atoms with E-state index in [4.69, 9.17) is 5.11 Å². The van der Waals surface area contributed by atoms with Crippen LogP contribution < -0.4 is 4.94 Å². The van der Waals surface area contributed by atoms with Crippen LogP contribution in [0.4, 0.5) is 4.53 Å². The Bertz CT molecular complexity index is 235. The molecule has 3 heteroatoms. The van der Waals surface area contributed by atoms with Crippen LogP contribution in [0.15, 0.2) is 18.2 Å². The van der Waals surface area contributed by atoms with E-state index in [1.165, 1.54) is 12.1 Å². The average Bonchev–Trinajstić information content (AvgIpc) is 1.94. The van der Waals surface area contributed by atoms with Crippen LogP contribution in [0.3, 0.4) is 0 Å². The molecule has 0 aliphatic rings. The predicted molar refractivity (Wildman–Crippen MR) is 34.6 cm³/mol. The minimum atomic E-state index is -0.187. The van der Waals surface area contributed by atoms with Crippen molar-refractivity contribution in [3.63, 3.8) is 0 Å². The van der Waals surface area contributed by atoms with E-state index in [0.717, 1.165) is 5.56 Å². The number of phenols is 1. The van der Waals surface area contributed by atoms with Crippen molar-refractivity contribution in [1.82, 2.24) is 0 Å². The van der Waals surface area contributed by atoms with E-state index >= 15 is 0 Å². The lowest BCUT2D eigenvalue weighted by Gasteiger charge is -1.97. The van der Waals surface area contributed by atoms with Crippen LogP contribution in [-0.2, 0) is 0 Å². The molecule has 0 unspecified atom stereocenters. The third-order valence-corrected chi connectivity index (χ3v) is 1.20. The highest BCUT2D eigenvalue weighted by Crippen LogP contribution is 2.26. The number of hydrogen-bond acceptors (Lipinski definition) is 2. The average molecular weight is 142 g/mol. The van der Waals surface area contributed by atoms with E-state index in [1.54, 1.807) is 13.0 Å². The lowest BCUT2D eigenvalue weighted by atomic mass is 10.2.